The molecule has 0 saturated carbocycles. The van der Waals surface area contributed by atoms with Gasteiger partial charge in [0.15, 0.2) is 5.82 Å². The smallest absolute Gasteiger partial charge is 0.191 e. The summed E-state index contributed by atoms with van der Waals surface area (Å²) in [6.07, 6.45) is 0.721. The lowest BCUT2D eigenvalue weighted by molar-refractivity contribution is 0.667. The minimum Gasteiger partial charge on any atom is -0.321 e. The van der Waals surface area contributed by atoms with Gasteiger partial charge in [0.1, 0.15) is 0 Å². The maximum Gasteiger partial charge on any atom is 0.191 e. The third kappa shape index (κ3) is 2.51. The van der Waals surface area contributed by atoms with Gasteiger partial charge in [-0.05, 0) is 40.6 Å². The lowest BCUT2D eigenvalue weighted by Gasteiger charge is -2.08. The molecule has 0 aliphatic rings. The van der Waals surface area contributed by atoms with Crippen molar-refractivity contribution in [3.8, 4) is 0 Å². The van der Waals surface area contributed by atoms with Crippen molar-refractivity contribution in [3.63, 3.8) is 0 Å². The summed E-state index contributed by atoms with van der Waals surface area (Å²) in [5.41, 5.74) is 7.16. The van der Waals surface area contributed by atoms with Crippen LogP contribution in [0.3, 0.4) is 0 Å². The van der Waals surface area contributed by atoms with E-state index < -0.39 is 0 Å². The molecule has 0 amide bonds. The molecular weight excluding hydrogens is 305 g/mol. The van der Waals surface area contributed by atoms with E-state index in [1.54, 1.807) is 0 Å². The van der Waals surface area contributed by atoms with Crippen molar-refractivity contribution >= 4 is 22.6 Å². The number of nitrogens with zero attached hydrogens (tertiary/aromatic N) is 3. The van der Waals surface area contributed by atoms with Gasteiger partial charge < -0.3 is 5.73 Å². The van der Waals surface area contributed by atoms with Gasteiger partial charge in [0.25, 0.3) is 0 Å². The van der Waals surface area contributed by atoms with Crippen LogP contribution in [0, 0.1) is 3.57 Å². The molecule has 1 aromatic carbocycles. The first-order valence-electron chi connectivity index (χ1n) is 4.49. The van der Waals surface area contributed by atoms with Crippen LogP contribution in [-0.2, 0) is 6.42 Å². The lowest BCUT2D eigenvalue weighted by atomic mass is 10.1. The number of tetrazole rings is 1. The highest BCUT2D eigenvalue weighted by Gasteiger charge is 2.12. The monoisotopic (exact) mass is 315 g/mol. The summed E-state index contributed by atoms with van der Waals surface area (Å²) in [4.78, 5) is 0. The molecule has 0 bridgehead atoms. The quantitative estimate of drug-likeness (QED) is 0.830. The largest absolute Gasteiger partial charge is 0.321 e. The van der Waals surface area contributed by atoms with Crippen LogP contribution in [0.25, 0.3) is 0 Å². The lowest BCUT2D eigenvalue weighted by Crippen LogP contribution is -2.15. The molecule has 2 aromatic rings. The fourth-order valence-corrected chi connectivity index (χ4v) is 1.93. The van der Waals surface area contributed by atoms with E-state index in [4.69, 9.17) is 5.73 Å². The predicted octanol–water partition coefficient (Wildman–Crippen LogP) is 1.05. The molecule has 1 unspecified atom stereocenters. The minimum atomic E-state index is -0.209. The Labute approximate surface area is 101 Å². The molecule has 1 atom stereocenters. The van der Waals surface area contributed by atoms with Crippen molar-refractivity contribution in [2.75, 3.05) is 0 Å². The zero-order chi connectivity index (χ0) is 10.7. The molecule has 0 radical (unpaired) electrons. The number of hydrogen-bond acceptors (Lipinski definition) is 4. The first kappa shape index (κ1) is 10.5. The highest BCUT2D eigenvalue weighted by molar-refractivity contribution is 14.1. The summed E-state index contributed by atoms with van der Waals surface area (Å²) in [6, 6.07) is 7.91. The van der Waals surface area contributed by atoms with E-state index in [1.165, 1.54) is 9.13 Å². The summed E-state index contributed by atoms with van der Waals surface area (Å²) in [6.45, 7) is 0. The third-order valence-electron chi connectivity index (χ3n) is 2.09. The van der Waals surface area contributed by atoms with Crippen molar-refractivity contribution in [2.24, 2.45) is 5.73 Å². The van der Waals surface area contributed by atoms with Gasteiger partial charge in [-0.3, -0.25) is 0 Å². The van der Waals surface area contributed by atoms with E-state index in [0.29, 0.717) is 5.82 Å². The number of nitrogens with two attached hydrogens (primary N) is 1. The Hall–Kier alpha value is -1.02. The average molecular weight is 315 g/mol. The Morgan fingerprint density at radius 3 is 2.87 bits per heavy atom. The minimum absolute atomic E-state index is 0.209. The molecule has 0 fully saturated rings. The zero-order valence-corrected chi connectivity index (χ0v) is 10.0. The molecule has 5 nitrogen and oxygen atoms in total. The van der Waals surface area contributed by atoms with Crippen molar-refractivity contribution < 1.29 is 0 Å². The number of aromatic amines is 1. The molecule has 78 valence electrons. The van der Waals surface area contributed by atoms with Crippen LogP contribution in [-0.4, -0.2) is 20.6 Å². The molecule has 0 spiro atoms. The van der Waals surface area contributed by atoms with Gasteiger partial charge in [-0.2, -0.15) is 5.21 Å². The van der Waals surface area contributed by atoms with E-state index in [9.17, 15) is 0 Å². The van der Waals surface area contributed by atoms with Crippen LogP contribution in [0.4, 0.5) is 0 Å². The first-order valence-corrected chi connectivity index (χ1v) is 5.57. The average Bonchev–Trinajstić information content (AvgIpc) is 2.74. The summed E-state index contributed by atoms with van der Waals surface area (Å²) in [5, 5.41) is 13.6. The first-order chi connectivity index (χ1) is 7.27. The van der Waals surface area contributed by atoms with Gasteiger partial charge in [0.05, 0.1) is 6.04 Å². The number of aromatic nitrogens is 4. The number of hydrogen-bond donors (Lipinski definition) is 2. The van der Waals surface area contributed by atoms with Crippen molar-refractivity contribution in [1.82, 2.24) is 20.6 Å². The van der Waals surface area contributed by atoms with Gasteiger partial charge in [-0.1, -0.05) is 23.4 Å². The summed E-state index contributed by atoms with van der Waals surface area (Å²) < 4.78 is 1.20. The fraction of sp³-hybridized carbons (Fsp3) is 0.222. The maximum absolute atomic E-state index is 5.95. The van der Waals surface area contributed by atoms with E-state index >= 15 is 0 Å². The van der Waals surface area contributed by atoms with Crippen LogP contribution < -0.4 is 5.73 Å². The summed E-state index contributed by atoms with van der Waals surface area (Å²) in [7, 11) is 0. The molecule has 0 aliphatic heterocycles. The molecule has 3 N–H and O–H groups in total. The number of rotatable bonds is 3. The molecular formula is C9H10IN5. The fourth-order valence-electron chi connectivity index (χ4n) is 1.32. The van der Waals surface area contributed by atoms with Gasteiger partial charge in [-0.25, -0.2) is 0 Å². The molecule has 1 aromatic heterocycles. The Kier molecular flexibility index (Phi) is 3.27. The van der Waals surface area contributed by atoms with Crippen molar-refractivity contribution in [1.29, 1.82) is 0 Å². The topological polar surface area (TPSA) is 80.5 Å². The van der Waals surface area contributed by atoms with E-state index in [2.05, 4.69) is 55.3 Å². The summed E-state index contributed by atoms with van der Waals surface area (Å²) in [5.74, 6) is 0.551. The second kappa shape index (κ2) is 4.67. The molecule has 2 rings (SSSR count). The van der Waals surface area contributed by atoms with E-state index in [1.807, 2.05) is 12.1 Å². The highest BCUT2D eigenvalue weighted by Crippen LogP contribution is 2.17. The summed E-state index contributed by atoms with van der Waals surface area (Å²) >= 11 is 2.29. The van der Waals surface area contributed by atoms with Crippen LogP contribution in [0.5, 0.6) is 0 Å². The Morgan fingerprint density at radius 1 is 1.40 bits per heavy atom. The van der Waals surface area contributed by atoms with Crippen LogP contribution in [0.1, 0.15) is 17.4 Å². The Balaban J connectivity index is 2.13. The number of nitrogens with one attached hydrogen (secondary N) is 1. The second-order valence-electron chi connectivity index (χ2n) is 3.17. The molecule has 0 saturated heterocycles. The van der Waals surface area contributed by atoms with Crippen LogP contribution in [0.2, 0.25) is 0 Å². The van der Waals surface area contributed by atoms with Crippen molar-refractivity contribution in [2.45, 2.75) is 12.5 Å². The van der Waals surface area contributed by atoms with Crippen LogP contribution in [0.15, 0.2) is 24.3 Å². The molecule has 0 aliphatic carbocycles. The number of benzene rings is 1. The van der Waals surface area contributed by atoms with Crippen molar-refractivity contribution in [3.05, 3.63) is 39.2 Å². The normalized spacial score (nSPS) is 12.7. The Bertz CT molecular complexity index is 428. The van der Waals surface area contributed by atoms with Gasteiger partial charge in [0.2, 0.25) is 0 Å². The van der Waals surface area contributed by atoms with Gasteiger partial charge >= 0.3 is 0 Å². The second-order valence-corrected chi connectivity index (χ2v) is 4.33. The highest BCUT2D eigenvalue weighted by atomic mass is 127. The maximum atomic E-state index is 5.95. The molecule has 6 heteroatoms. The number of H-pyrrole nitrogens is 1. The third-order valence-corrected chi connectivity index (χ3v) is 3.14. The standard InChI is InChI=1S/C9H10IN5/c10-7-4-2-1-3-6(7)5-8(11)9-12-14-15-13-9/h1-4,8H,5,11H2,(H,12,13,14,15). The predicted molar refractivity (Wildman–Crippen MR) is 64.0 cm³/mol. The van der Waals surface area contributed by atoms with Crippen LogP contribution >= 0.6 is 22.6 Å². The van der Waals surface area contributed by atoms with E-state index in [0.717, 1.165) is 6.42 Å². The molecule has 15 heavy (non-hydrogen) atoms. The van der Waals surface area contributed by atoms with E-state index in [-0.39, 0.29) is 6.04 Å². The van der Waals surface area contributed by atoms with Gasteiger partial charge in [0, 0.05) is 3.57 Å². The Morgan fingerprint density at radius 2 is 2.20 bits per heavy atom. The SMILES string of the molecule is NC(Cc1ccccc1I)c1nn[nH]n1. The van der Waals surface area contributed by atoms with Gasteiger partial charge in [-0.15, -0.1) is 10.2 Å². The zero-order valence-electron chi connectivity index (χ0n) is 7.89. The molecule has 1 heterocycles. The number of halogens is 1.